The maximum absolute atomic E-state index is 13.3. The highest BCUT2D eigenvalue weighted by Crippen LogP contribution is 2.81. The first-order valence-electron chi connectivity index (χ1n) is 13.8. The third-order valence-electron chi connectivity index (χ3n) is 12.5. The maximum atomic E-state index is 13.3. The summed E-state index contributed by atoms with van der Waals surface area (Å²) in [5.74, 6) is 2.73. The lowest BCUT2D eigenvalue weighted by molar-refractivity contribution is -0.155. The van der Waals surface area contributed by atoms with Gasteiger partial charge in [-0.15, -0.1) is 0 Å². The van der Waals surface area contributed by atoms with Crippen molar-refractivity contribution in [1.82, 2.24) is 0 Å². The molecule has 3 heteroatoms. The molecular weight excluding hydrogens is 396 g/mol. The summed E-state index contributed by atoms with van der Waals surface area (Å²) in [6.07, 6.45) is 10.2. The number of Topliss-reactive ketones (excluding diaryl/α,β-unsaturated/α-hetero) is 2. The second kappa shape index (κ2) is 7.40. The number of carbonyl (C=O) groups is 2. The summed E-state index contributed by atoms with van der Waals surface area (Å²) in [5, 5.41) is 11.4. The van der Waals surface area contributed by atoms with Crippen LogP contribution in [0.3, 0.4) is 0 Å². The van der Waals surface area contributed by atoms with E-state index < -0.39 is 0 Å². The average molecular weight is 443 g/mol. The van der Waals surface area contributed by atoms with Gasteiger partial charge in [-0.25, -0.2) is 0 Å². The molecule has 0 amide bonds. The molecule has 5 rings (SSSR count). The van der Waals surface area contributed by atoms with Crippen LogP contribution in [0.25, 0.3) is 0 Å². The molecule has 11 atom stereocenters. The summed E-state index contributed by atoms with van der Waals surface area (Å²) in [4.78, 5) is 26.4. The Bertz CT molecular complexity index is 802. The zero-order valence-electron chi connectivity index (χ0n) is 21.3. The number of hydrogen-bond donors (Lipinski definition) is 1. The standard InChI is InChI=1S/C29H46O3/c1-7-19(16(2)3)26(32)25(31)17(4)21-8-9-22-20-14-24(30)29-15-18(29)10-13-28(29,6)23(20)11-12-27(21,22)5/h16-24,30H,7-15H2,1-6H3/t17-,18-,19-,20-,21+,22-,23-,24+,27+,28+,29-/m0/s1. The van der Waals surface area contributed by atoms with Crippen molar-refractivity contribution in [2.45, 2.75) is 105 Å². The molecule has 1 N–H and O–H groups in total. The molecule has 0 unspecified atom stereocenters. The normalized spacial score (nSPS) is 50.8. The Morgan fingerprint density at radius 1 is 0.969 bits per heavy atom. The van der Waals surface area contributed by atoms with Gasteiger partial charge in [-0.3, -0.25) is 9.59 Å². The summed E-state index contributed by atoms with van der Waals surface area (Å²) >= 11 is 0. The number of fused-ring (bicyclic) bond motifs is 4. The Balaban J connectivity index is 1.37. The van der Waals surface area contributed by atoms with Crippen LogP contribution in [0.15, 0.2) is 0 Å². The summed E-state index contributed by atoms with van der Waals surface area (Å²) in [6.45, 7) is 13.2. The average Bonchev–Trinajstić information content (AvgIpc) is 3.27. The van der Waals surface area contributed by atoms with Crippen molar-refractivity contribution in [3.8, 4) is 0 Å². The minimum Gasteiger partial charge on any atom is -0.393 e. The van der Waals surface area contributed by atoms with Gasteiger partial charge >= 0.3 is 0 Å². The van der Waals surface area contributed by atoms with Crippen LogP contribution in [0.1, 0.15) is 99.3 Å². The number of hydrogen-bond acceptors (Lipinski definition) is 3. The Kier molecular flexibility index (Phi) is 5.33. The van der Waals surface area contributed by atoms with E-state index in [0.717, 1.165) is 31.1 Å². The Labute approximate surface area is 195 Å². The van der Waals surface area contributed by atoms with Gasteiger partial charge < -0.3 is 5.11 Å². The smallest absolute Gasteiger partial charge is 0.201 e. The van der Waals surface area contributed by atoms with Crippen molar-refractivity contribution in [3.63, 3.8) is 0 Å². The lowest BCUT2D eigenvalue weighted by Crippen LogP contribution is -2.56. The highest BCUT2D eigenvalue weighted by Gasteiger charge is 2.77. The van der Waals surface area contributed by atoms with Crippen LogP contribution in [0, 0.1) is 63.6 Å². The fraction of sp³-hybridized carbons (Fsp3) is 0.931. The first kappa shape index (κ1) is 23.1. The molecule has 1 spiro atoms. The van der Waals surface area contributed by atoms with E-state index in [1.165, 1.54) is 38.5 Å². The highest BCUT2D eigenvalue weighted by atomic mass is 16.3. The maximum Gasteiger partial charge on any atom is 0.201 e. The van der Waals surface area contributed by atoms with E-state index in [1.54, 1.807) is 0 Å². The molecule has 5 saturated carbocycles. The minimum absolute atomic E-state index is 0.106. The van der Waals surface area contributed by atoms with Crippen LogP contribution in [0.4, 0.5) is 0 Å². The molecule has 3 nitrogen and oxygen atoms in total. The van der Waals surface area contributed by atoms with E-state index in [0.29, 0.717) is 23.2 Å². The van der Waals surface area contributed by atoms with E-state index in [9.17, 15) is 14.7 Å². The van der Waals surface area contributed by atoms with Crippen LogP contribution >= 0.6 is 0 Å². The second-order valence-corrected chi connectivity index (χ2v) is 13.5. The van der Waals surface area contributed by atoms with Gasteiger partial charge in [0.1, 0.15) is 0 Å². The van der Waals surface area contributed by atoms with Gasteiger partial charge in [-0.2, -0.15) is 0 Å². The fourth-order valence-corrected chi connectivity index (χ4v) is 10.7. The molecule has 0 heterocycles. The number of ketones is 2. The molecule has 0 radical (unpaired) electrons. The molecule has 5 aliphatic carbocycles. The Hall–Kier alpha value is -0.700. The van der Waals surface area contributed by atoms with Gasteiger partial charge in [0.2, 0.25) is 11.6 Å². The molecule has 5 aliphatic rings. The first-order chi connectivity index (χ1) is 15.0. The van der Waals surface area contributed by atoms with E-state index >= 15 is 0 Å². The molecule has 0 aromatic heterocycles. The van der Waals surface area contributed by atoms with Crippen LogP contribution < -0.4 is 0 Å². The predicted octanol–water partition coefficient (Wildman–Crippen LogP) is 6.07. The number of rotatable bonds is 6. The van der Waals surface area contributed by atoms with Crippen LogP contribution in [-0.4, -0.2) is 22.8 Å². The van der Waals surface area contributed by atoms with Crippen LogP contribution in [0.5, 0.6) is 0 Å². The molecule has 0 aliphatic heterocycles. The lowest BCUT2D eigenvalue weighted by Gasteiger charge is -2.60. The molecule has 0 saturated heterocycles. The molecule has 0 aromatic rings. The van der Waals surface area contributed by atoms with Gasteiger partial charge in [0, 0.05) is 17.3 Å². The van der Waals surface area contributed by atoms with Crippen molar-refractivity contribution in [1.29, 1.82) is 0 Å². The zero-order chi connectivity index (χ0) is 23.2. The summed E-state index contributed by atoms with van der Waals surface area (Å²) in [7, 11) is 0. The van der Waals surface area contributed by atoms with E-state index in [4.69, 9.17) is 0 Å². The van der Waals surface area contributed by atoms with Crippen molar-refractivity contribution in [2.75, 3.05) is 0 Å². The predicted molar refractivity (Wildman–Crippen MR) is 127 cm³/mol. The summed E-state index contributed by atoms with van der Waals surface area (Å²) < 4.78 is 0. The molecule has 180 valence electrons. The molecular formula is C29H46O3. The second-order valence-electron chi connectivity index (χ2n) is 13.5. The molecule has 5 fully saturated rings. The van der Waals surface area contributed by atoms with Gasteiger partial charge in [-0.05, 0) is 104 Å². The van der Waals surface area contributed by atoms with Crippen LogP contribution in [-0.2, 0) is 9.59 Å². The number of aliphatic hydroxyl groups excluding tert-OH is 1. The largest absolute Gasteiger partial charge is 0.393 e. The molecule has 0 bridgehead atoms. The summed E-state index contributed by atoms with van der Waals surface area (Å²) in [6, 6.07) is 0. The number of carbonyl (C=O) groups excluding carboxylic acids is 2. The van der Waals surface area contributed by atoms with E-state index in [1.807, 2.05) is 6.92 Å². The monoisotopic (exact) mass is 442 g/mol. The SMILES string of the molecule is CC[C@H](C(=O)C(=O)[C@@H](C)[C@H]1CC[C@H]2[C@@H]3C[C@@H](O)[C@]45C[C@@H]4CC[C@]5(C)[C@H]3CC[C@]12C)C(C)C. The van der Waals surface area contributed by atoms with Crippen molar-refractivity contribution >= 4 is 11.6 Å². The zero-order valence-corrected chi connectivity index (χ0v) is 21.3. The van der Waals surface area contributed by atoms with Gasteiger partial charge in [0.15, 0.2) is 0 Å². The third-order valence-corrected chi connectivity index (χ3v) is 12.5. The molecule has 32 heavy (non-hydrogen) atoms. The van der Waals surface area contributed by atoms with E-state index in [-0.39, 0.29) is 46.3 Å². The Morgan fingerprint density at radius 2 is 1.69 bits per heavy atom. The quantitative estimate of drug-likeness (QED) is 0.508. The van der Waals surface area contributed by atoms with Gasteiger partial charge in [0.05, 0.1) is 6.10 Å². The van der Waals surface area contributed by atoms with E-state index in [2.05, 4.69) is 34.6 Å². The lowest BCUT2D eigenvalue weighted by atomic mass is 9.45. The van der Waals surface area contributed by atoms with Crippen LogP contribution in [0.2, 0.25) is 0 Å². The summed E-state index contributed by atoms with van der Waals surface area (Å²) in [5.41, 5.74) is 0.697. The van der Waals surface area contributed by atoms with Gasteiger partial charge in [0.25, 0.3) is 0 Å². The van der Waals surface area contributed by atoms with Crippen molar-refractivity contribution in [2.24, 2.45) is 63.6 Å². The Morgan fingerprint density at radius 3 is 2.31 bits per heavy atom. The number of aliphatic hydroxyl groups is 1. The highest BCUT2D eigenvalue weighted by molar-refractivity contribution is 6.38. The fourth-order valence-electron chi connectivity index (χ4n) is 10.7. The minimum atomic E-state index is -0.170. The first-order valence-corrected chi connectivity index (χ1v) is 13.8. The van der Waals surface area contributed by atoms with Gasteiger partial charge in [-0.1, -0.05) is 41.5 Å². The van der Waals surface area contributed by atoms with Crippen molar-refractivity contribution < 1.29 is 14.7 Å². The van der Waals surface area contributed by atoms with Crippen molar-refractivity contribution in [3.05, 3.63) is 0 Å². The third kappa shape index (κ3) is 2.75. The topological polar surface area (TPSA) is 54.4 Å². The molecule has 0 aromatic carbocycles.